The number of amides is 2. The molecule has 0 saturated heterocycles. The highest BCUT2D eigenvalue weighted by Crippen LogP contribution is 2.04. The zero-order chi connectivity index (χ0) is 13.3. The summed E-state index contributed by atoms with van der Waals surface area (Å²) in [6, 6.07) is 0. The Kier molecular flexibility index (Phi) is 7.84. The van der Waals surface area contributed by atoms with Crippen molar-refractivity contribution in [3.63, 3.8) is 0 Å². The van der Waals surface area contributed by atoms with E-state index in [9.17, 15) is 9.59 Å². The van der Waals surface area contributed by atoms with Crippen LogP contribution >= 0.6 is 0 Å². The van der Waals surface area contributed by atoms with Gasteiger partial charge in [-0.25, -0.2) is 4.79 Å². The Bertz CT molecular complexity index is 266. The Morgan fingerprint density at radius 3 is 2.71 bits per heavy atom. The highest BCUT2D eigenvalue weighted by molar-refractivity contribution is 5.76. The van der Waals surface area contributed by atoms with Crippen LogP contribution in [0.3, 0.4) is 0 Å². The van der Waals surface area contributed by atoms with Gasteiger partial charge in [0.2, 0.25) is 5.91 Å². The molecule has 0 aromatic carbocycles. The second-order valence-corrected chi connectivity index (χ2v) is 4.24. The molecule has 5 heteroatoms. The number of carbonyl (C=O) groups is 2. The summed E-state index contributed by atoms with van der Waals surface area (Å²) in [5.74, 6) is 0.0641. The van der Waals surface area contributed by atoms with Crippen molar-refractivity contribution in [1.29, 1.82) is 0 Å². The van der Waals surface area contributed by atoms with Gasteiger partial charge in [0.05, 0.1) is 0 Å². The summed E-state index contributed by atoms with van der Waals surface area (Å²) in [5, 5.41) is 10.7. The summed E-state index contributed by atoms with van der Waals surface area (Å²) in [5.41, 5.74) is 0. The molecule has 0 aliphatic heterocycles. The second kappa shape index (κ2) is 8.61. The van der Waals surface area contributed by atoms with E-state index in [1.54, 1.807) is 11.9 Å². The van der Waals surface area contributed by atoms with E-state index in [2.05, 4.69) is 11.9 Å². The van der Waals surface area contributed by atoms with Crippen LogP contribution < -0.4 is 5.32 Å². The lowest BCUT2D eigenvalue weighted by molar-refractivity contribution is -0.130. The third-order valence-electron chi connectivity index (χ3n) is 2.45. The molecule has 17 heavy (non-hydrogen) atoms. The molecule has 0 spiro atoms. The van der Waals surface area contributed by atoms with Crippen molar-refractivity contribution >= 4 is 12.0 Å². The van der Waals surface area contributed by atoms with E-state index in [4.69, 9.17) is 5.11 Å². The molecular formula is C12H22N2O3. The van der Waals surface area contributed by atoms with Gasteiger partial charge in [0, 0.05) is 26.6 Å². The Hall–Kier alpha value is -1.52. The van der Waals surface area contributed by atoms with Crippen LogP contribution in [0.4, 0.5) is 4.79 Å². The van der Waals surface area contributed by atoms with E-state index in [1.165, 1.54) is 0 Å². The van der Waals surface area contributed by atoms with Crippen molar-refractivity contribution in [3.8, 4) is 0 Å². The van der Waals surface area contributed by atoms with Crippen LogP contribution in [-0.4, -0.2) is 42.1 Å². The Labute approximate surface area is 102 Å². The van der Waals surface area contributed by atoms with E-state index < -0.39 is 6.09 Å². The molecule has 98 valence electrons. The van der Waals surface area contributed by atoms with Gasteiger partial charge in [0.1, 0.15) is 0 Å². The van der Waals surface area contributed by atoms with Crippen LogP contribution in [0.2, 0.25) is 0 Å². The standard InChI is InChI=1S/C12H22N2O3/c1-4-5-6-7-14(3)11(15)8-10(2)9-13-12(16)17/h4,10,13H,1,5-9H2,2-3H3,(H,16,17)/t10-/m0/s1. The molecule has 0 bridgehead atoms. The van der Waals surface area contributed by atoms with E-state index in [-0.39, 0.29) is 11.8 Å². The first-order chi connectivity index (χ1) is 7.97. The quantitative estimate of drug-likeness (QED) is 0.503. The normalized spacial score (nSPS) is 11.6. The lowest BCUT2D eigenvalue weighted by Gasteiger charge is -2.19. The van der Waals surface area contributed by atoms with Crippen molar-refractivity contribution in [1.82, 2.24) is 10.2 Å². The van der Waals surface area contributed by atoms with Crippen molar-refractivity contribution in [2.45, 2.75) is 26.2 Å². The topological polar surface area (TPSA) is 69.6 Å². The molecule has 0 aliphatic carbocycles. The Morgan fingerprint density at radius 2 is 2.18 bits per heavy atom. The summed E-state index contributed by atoms with van der Waals surface area (Å²) >= 11 is 0. The highest BCUT2D eigenvalue weighted by Gasteiger charge is 2.13. The van der Waals surface area contributed by atoms with E-state index in [0.29, 0.717) is 19.5 Å². The molecule has 0 fully saturated rings. The molecule has 5 nitrogen and oxygen atoms in total. The summed E-state index contributed by atoms with van der Waals surface area (Å²) in [4.78, 5) is 23.7. The summed E-state index contributed by atoms with van der Waals surface area (Å²) in [6.07, 6.45) is 2.95. The molecule has 0 rings (SSSR count). The van der Waals surface area contributed by atoms with Gasteiger partial charge in [-0.05, 0) is 18.8 Å². The molecule has 0 aromatic heterocycles. The number of nitrogens with one attached hydrogen (secondary N) is 1. The van der Waals surface area contributed by atoms with Crippen molar-refractivity contribution in [2.24, 2.45) is 5.92 Å². The average Bonchev–Trinajstić information content (AvgIpc) is 2.26. The fraction of sp³-hybridized carbons (Fsp3) is 0.667. The van der Waals surface area contributed by atoms with Crippen molar-refractivity contribution < 1.29 is 14.7 Å². The minimum atomic E-state index is -1.05. The predicted molar refractivity (Wildman–Crippen MR) is 66.9 cm³/mol. The van der Waals surface area contributed by atoms with Crippen molar-refractivity contribution in [2.75, 3.05) is 20.1 Å². The maximum atomic E-state index is 11.7. The predicted octanol–water partition coefficient (Wildman–Crippen LogP) is 1.70. The number of rotatable bonds is 8. The first-order valence-corrected chi connectivity index (χ1v) is 5.79. The fourth-order valence-electron chi connectivity index (χ4n) is 1.39. The van der Waals surface area contributed by atoms with Crippen LogP contribution in [0.1, 0.15) is 26.2 Å². The van der Waals surface area contributed by atoms with Gasteiger partial charge in [0.15, 0.2) is 0 Å². The van der Waals surface area contributed by atoms with Gasteiger partial charge in [-0.2, -0.15) is 0 Å². The van der Waals surface area contributed by atoms with Gasteiger partial charge < -0.3 is 15.3 Å². The monoisotopic (exact) mass is 242 g/mol. The molecule has 0 unspecified atom stereocenters. The van der Waals surface area contributed by atoms with Crippen LogP contribution in [-0.2, 0) is 4.79 Å². The van der Waals surface area contributed by atoms with Gasteiger partial charge in [-0.3, -0.25) is 4.79 Å². The fourth-order valence-corrected chi connectivity index (χ4v) is 1.39. The molecule has 0 saturated carbocycles. The first kappa shape index (κ1) is 15.5. The molecule has 0 heterocycles. The largest absolute Gasteiger partial charge is 0.465 e. The number of nitrogens with zero attached hydrogens (tertiary/aromatic N) is 1. The van der Waals surface area contributed by atoms with Gasteiger partial charge in [-0.15, -0.1) is 6.58 Å². The number of carbonyl (C=O) groups excluding carboxylic acids is 1. The van der Waals surface area contributed by atoms with Crippen molar-refractivity contribution in [3.05, 3.63) is 12.7 Å². The maximum absolute atomic E-state index is 11.7. The molecule has 2 amide bonds. The number of carboxylic acid groups (broad SMARTS) is 1. The van der Waals surface area contributed by atoms with Crippen LogP contribution in [0.25, 0.3) is 0 Å². The molecular weight excluding hydrogens is 220 g/mol. The maximum Gasteiger partial charge on any atom is 0.404 e. The molecule has 2 N–H and O–H groups in total. The van der Waals surface area contributed by atoms with Gasteiger partial charge >= 0.3 is 6.09 Å². The third kappa shape index (κ3) is 8.30. The number of unbranched alkanes of at least 4 members (excludes halogenated alkanes) is 1. The zero-order valence-electron chi connectivity index (χ0n) is 10.6. The smallest absolute Gasteiger partial charge is 0.404 e. The second-order valence-electron chi connectivity index (χ2n) is 4.24. The lowest BCUT2D eigenvalue weighted by Crippen LogP contribution is -2.32. The number of hydrogen-bond donors (Lipinski definition) is 2. The highest BCUT2D eigenvalue weighted by atomic mass is 16.4. The molecule has 0 aromatic rings. The van der Waals surface area contributed by atoms with E-state index in [1.807, 2.05) is 13.0 Å². The minimum absolute atomic E-state index is 0.0143. The van der Waals surface area contributed by atoms with E-state index in [0.717, 1.165) is 12.8 Å². The van der Waals surface area contributed by atoms with Gasteiger partial charge in [-0.1, -0.05) is 13.0 Å². The summed E-state index contributed by atoms with van der Waals surface area (Å²) < 4.78 is 0. The van der Waals surface area contributed by atoms with E-state index >= 15 is 0 Å². The average molecular weight is 242 g/mol. The molecule has 0 radical (unpaired) electrons. The molecule has 1 atom stereocenters. The summed E-state index contributed by atoms with van der Waals surface area (Å²) in [6.45, 7) is 6.50. The first-order valence-electron chi connectivity index (χ1n) is 5.79. The SMILES string of the molecule is C=CCCCN(C)C(=O)C[C@H](C)CNC(=O)O. The van der Waals surface area contributed by atoms with Crippen LogP contribution in [0, 0.1) is 5.92 Å². The lowest BCUT2D eigenvalue weighted by atomic mass is 10.1. The number of hydrogen-bond acceptors (Lipinski definition) is 2. The Morgan fingerprint density at radius 1 is 1.53 bits per heavy atom. The number of allylic oxidation sites excluding steroid dienone is 1. The Balaban J connectivity index is 3.81. The summed E-state index contributed by atoms with van der Waals surface area (Å²) in [7, 11) is 1.77. The molecule has 0 aliphatic rings. The zero-order valence-corrected chi connectivity index (χ0v) is 10.6. The minimum Gasteiger partial charge on any atom is -0.465 e. The van der Waals surface area contributed by atoms with Gasteiger partial charge in [0.25, 0.3) is 0 Å². The third-order valence-corrected chi connectivity index (χ3v) is 2.45. The van der Waals surface area contributed by atoms with Crippen LogP contribution in [0.15, 0.2) is 12.7 Å². The van der Waals surface area contributed by atoms with Crippen LogP contribution in [0.5, 0.6) is 0 Å².